The minimum Gasteiger partial charge on any atom is -0.506 e. The molecule has 6 N–H and O–H groups in total. The maximum atomic E-state index is 12.3. The lowest BCUT2D eigenvalue weighted by atomic mass is 10.3. The minimum absolute atomic E-state index is 0. The summed E-state index contributed by atoms with van der Waals surface area (Å²) in [6, 6.07) is 7.20. The average molecular weight is 353 g/mol. The molecule has 0 spiro atoms. The van der Waals surface area contributed by atoms with Crippen LogP contribution in [0.5, 0.6) is 11.5 Å². The van der Waals surface area contributed by atoms with E-state index in [1.807, 2.05) is 0 Å². The lowest BCUT2D eigenvalue weighted by Crippen LogP contribution is -2.03. The smallest absolute Gasteiger partial charge is 0.206 e. The van der Waals surface area contributed by atoms with Gasteiger partial charge in [-0.15, -0.1) is 24.8 Å². The number of aromatic hydroxyl groups is 2. The number of rotatable bonds is 2. The second kappa shape index (κ2) is 6.75. The summed E-state index contributed by atoms with van der Waals surface area (Å²) in [5.41, 5.74) is 10.9. The van der Waals surface area contributed by atoms with Gasteiger partial charge in [0.15, 0.2) is 0 Å². The summed E-state index contributed by atoms with van der Waals surface area (Å²) < 4.78 is 24.6. The van der Waals surface area contributed by atoms with Crippen LogP contribution in [-0.2, 0) is 9.84 Å². The fraction of sp³-hybridized carbons (Fsp3) is 0. The third kappa shape index (κ3) is 3.63. The Balaban J connectivity index is 0.00000200. The highest BCUT2D eigenvalue weighted by molar-refractivity contribution is 7.91. The normalized spacial score (nSPS) is 10.3. The van der Waals surface area contributed by atoms with Crippen LogP contribution < -0.4 is 11.5 Å². The molecule has 6 nitrogen and oxygen atoms in total. The van der Waals surface area contributed by atoms with Gasteiger partial charge >= 0.3 is 0 Å². The molecule has 0 unspecified atom stereocenters. The molecule has 0 saturated carbocycles. The molecule has 116 valence electrons. The molecule has 0 aliphatic heterocycles. The molecule has 0 fully saturated rings. The minimum atomic E-state index is -3.80. The summed E-state index contributed by atoms with van der Waals surface area (Å²) in [5.74, 6) is -0.381. The quantitative estimate of drug-likeness (QED) is 0.483. The lowest BCUT2D eigenvalue weighted by molar-refractivity contribution is 0.477. The van der Waals surface area contributed by atoms with Gasteiger partial charge in [-0.3, -0.25) is 0 Å². The Morgan fingerprint density at radius 1 is 0.762 bits per heavy atom. The number of hydrogen-bond donors (Lipinski definition) is 4. The van der Waals surface area contributed by atoms with Crippen LogP contribution in [0, 0.1) is 0 Å². The van der Waals surface area contributed by atoms with Gasteiger partial charge in [0.25, 0.3) is 0 Å². The molecule has 2 rings (SSSR count). The molecule has 0 radical (unpaired) electrons. The van der Waals surface area contributed by atoms with Crippen LogP contribution in [0.25, 0.3) is 0 Å². The lowest BCUT2D eigenvalue weighted by Gasteiger charge is -2.08. The van der Waals surface area contributed by atoms with Gasteiger partial charge in [0, 0.05) is 0 Å². The zero-order valence-electron chi connectivity index (χ0n) is 10.6. The summed E-state index contributed by atoms with van der Waals surface area (Å²) in [6.07, 6.45) is 0. The molecular weight excluding hydrogens is 339 g/mol. The molecule has 2 aromatic rings. The number of anilines is 2. The summed E-state index contributed by atoms with van der Waals surface area (Å²) in [4.78, 5) is -0.124. The Bertz CT molecular complexity index is 693. The van der Waals surface area contributed by atoms with E-state index >= 15 is 0 Å². The molecule has 0 aliphatic rings. The zero-order chi connectivity index (χ0) is 14.2. The predicted molar refractivity (Wildman–Crippen MR) is 85.0 cm³/mol. The van der Waals surface area contributed by atoms with Crippen LogP contribution in [-0.4, -0.2) is 18.6 Å². The summed E-state index contributed by atoms with van der Waals surface area (Å²) in [5, 5.41) is 18.6. The molecule has 0 amide bonds. The number of phenols is 2. The molecule has 21 heavy (non-hydrogen) atoms. The molecule has 2 aromatic carbocycles. The van der Waals surface area contributed by atoms with Crippen LogP contribution in [0.2, 0.25) is 0 Å². The van der Waals surface area contributed by atoms with Crippen molar-refractivity contribution >= 4 is 46.0 Å². The SMILES string of the molecule is Cl.Cl.Nc1cc(S(=O)(=O)c2ccc(O)c(N)c2)ccc1O. The van der Waals surface area contributed by atoms with Crippen molar-refractivity contribution in [1.82, 2.24) is 0 Å². The van der Waals surface area contributed by atoms with Crippen LogP contribution in [0.4, 0.5) is 11.4 Å². The Hall–Kier alpha value is -1.83. The fourth-order valence-corrected chi connectivity index (χ4v) is 2.87. The van der Waals surface area contributed by atoms with E-state index in [4.69, 9.17) is 11.5 Å². The first-order valence-corrected chi connectivity index (χ1v) is 6.73. The van der Waals surface area contributed by atoms with E-state index in [1.54, 1.807) is 0 Å². The van der Waals surface area contributed by atoms with Crippen molar-refractivity contribution in [2.24, 2.45) is 0 Å². The number of benzene rings is 2. The first-order valence-electron chi connectivity index (χ1n) is 5.24. The Labute approximate surface area is 134 Å². The number of hydrogen-bond acceptors (Lipinski definition) is 6. The van der Waals surface area contributed by atoms with Crippen LogP contribution in [0.1, 0.15) is 0 Å². The molecule has 0 bridgehead atoms. The van der Waals surface area contributed by atoms with Crippen molar-refractivity contribution in [3.63, 3.8) is 0 Å². The fourth-order valence-electron chi connectivity index (χ4n) is 1.54. The van der Waals surface area contributed by atoms with Gasteiger partial charge in [-0.2, -0.15) is 0 Å². The van der Waals surface area contributed by atoms with E-state index in [2.05, 4.69) is 0 Å². The van der Waals surface area contributed by atoms with Crippen molar-refractivity contribution in [1.29, 1.82) is 0 Å². The number of halogens is 2. The molecule has 0 atom stereocenters. The van der Waals surface area contributed by atoms with E-state index in [-0.39, 0.29) is 57.5 Å². The van der Waals surface area contributed by atoms with E-state index in [9.17, 15) is 18.6 Å². The first kappa shape index (κ1) is 19.2. The number of sulfone groups is 1. The Morgan fingerprint density at radius 3 is 1.38 bits per heavy atom. The van der Waals surface area contributed by atoms with Crippen LogP contribution in [0.15, 0.2) is 46.2 Å². The molecule has 0 aromatic heterocycles. The predicted octanol–water partition coefficient (Wildman–Crippen LogP) is 1.94. The zero-order valence-corrected chi connectivity index (χ0v) is 13.0. The number of phenolic OH excluding ortho intramolecular Hbond substituents is 2. The van der Waals surface area contributed by atoms with Gasteiger partial charge in [0.1, 0.15) is 11.5 Å². The molecular formula is C12H14Cl2N2O4S. The monoisotopic (exact) mass is 352 g/mol. The average Bonchev–Trinajstić information content (AvgIpc) is 2.35. The summed E-state index contributed by atoms with van der Waals surface area (Å²) >= 11 is 0. The highest BCUT2D eigenvalue weighted by atomic mass is 35.5. The van der Waals surface area contributed by atoms with E-state index in [1.165, 1.54) is 24.3 Å². The Morgan fingerprint density at radius 2 is 1.10 bits per heavy atom. The van der Waals surface area contributed by atoms with Gasteiger partial charge in [0.2, 0.25) is 9.84 Å². The number of nitrogen functional groups attached to an aromatic ring is 2. The van der Waals surface area contributed by atoms with E-state index in [0.717, 1.165) is 12.1 Å². The number of nitrogens with two attached hydrogens (primary N) is 2. The van der Waals surface area contributed by atoms with Gasteiger partial charge in [-0.25, -0.2) is 8.42 Å². The standard InChI is InChI=1S/C12H12N2O4S.2ClH/c13-9-5-7(1-3-11(9)15)19(17,18)8-2-4-12(16)10(14)6-8;;/h1-6,15-16H,13-14H2;2*1H. The van der Waals surface area contributed by atoms with Crippen molar-refractivity contribution in [3.05, 3.63) is 36.4 Å². The maximum Gasteiger partial charge on any atom is 0.206 e. The molecule has 0 heterocycles. The largest absolute Gasteiger partial charge is 0.506 e. The van der Waals surface area contributed by atoms with Gasteiger partial charge < -0.3 is 21.7 Å². The van der Waals surface area contributed by atoms with Crippen molar-refractivity contribution in [2.45, 2.75) is 9.79 Å². The van der Waals surface area contributed by atoms with E-state index < -0.39 is 9.84 Å². The Kier molecular flexibility index (Phi) is 6.16. The first-order chi connectivity index (χ1) is 8.82. The third-order valence-electron chi connectivity index (χ3n) is 2.62. The van der Waals surface area contributed by atoms with Crippen molar-refractivity contribution < 1.29 is 18.6 Å². The topological polar surface area (TPSA) is 127 Å². The van der Waals surface area contributed by atoms with Crippen molar-refractivity contribution in [2.75, 3.05) is 11.5 Å². The molecule has 9 heteroatoms. The van der Waals surface area contributed by atoms with Crippen molar-refractivity contribution in [3.8, 4) is 11.5 Å². The highest BCUT2D eigenvalue weighted by Gasteiger charge is 2.19. The van der Waals surface area contributed by atoms with Gasteiger partial charge in [-0.05, 0) is 36.4 Å². The van der Waals surface area contributed by atoms with Crippen LogP contribution >= 0.6 is 24.8 Å². The van der Waals surface area contributed by atoms with Gasteiger partial charge in [-0.1, -0.05) is 0 Å². The van der Waals surface area contributed by atoms with Crippen LogP contribution in [0.3, 0.4) is 0 Å². The summed E-state index contributed by atoms with van der Waals surface area (Å²) in [7, 11) is -3.80. The third-order valence-corrected chi connectivity index (χ3v) is 4.37. The van der Waals surface area contributed by atoms with Gasteiger partial charge in [0.05, 0.1) is 21.2 Å². The highest BCUT2D eigenvalue weighted by Crippen LogP contribution is 2.30. The molecule has 0 saturated heterocycles. The summed E-state index contributed by atoms with van der Waals surface area (Å²) in [6.45, 7) is 0. The van der Waals surface area contributed by atoms with E-state index in [0.29, 0.717) is 0 Å². The maximum absolute atomic E-state index is 12.3. The second-order valence-corrected chi connectivity index (χ2v) is 5.89. The molecule has 0 aliphatic carbocycles. The second-order valence-electron chi connectivity index (χ2n) is 3.94.